The molecule has 1 amide bonds. The lowest BCUT2D eigenvalue weighted by Crippen LogP contribution is -2.49. The van der Waals surface area contributed by atoms with Crippen LogP contribution >= 0.6 is 0 Å². The molecule has 0 radical (unpaired) electrons. The van der Waals surface area contributed by atoms with Gasteiger partial charge >= 0.3 is 5.97 Å². The van der Waals surface area contributed by atoms with Crippen molar-refractivity contribution in [3.8, 4) is 0 Å². The van der Waals surface area contributed by atoms with Gasteiger partial charge in [0.1, 0.15) is 0 Å². The number of likely N-dealkylation sites (tertiary alicyclic amines) is 1. The topological polar surface area (TPSA) is 92.9 Å². The van der Waals surface area contributed by atoms with Crippen molar-refractivity contribution >= 4 is 11.9 Å². The molecule has 1 saturated heterocycles. The number of benzene rings is 1. The number of nitrogens with two attached hydrogens (primary N) is 1. The van der Waals surface area contributed by atoms with E-state index in [4.69, 9.17) is 15.6 Å². The largest absolute Gasteiger partial charge is 0.478 e. The Morgan fingerprint density at radius 2 is 2.05 bits per heavy atom. The second kappa shape index (κ2) is 6.89. The van der Waals surface area contributed by atoms with Crippen molar-refractivity contribution < 1.29 is 19.4 Å². The summed E-state index contributed by atoms with van der Waals surface area (Å²) >= 11 is 0. The van der Waals surface area contributed by atoms with Crippen molar-refractivity contribution in [3.05, 3.63) is 35.4 Å². The lowest BCUT2D eigenvalue weighted by Gasteiger charge is -2.37. The molecule has 1 aromatic rings. The van der Waals surface area contributed by atoms with Crippen LogP contribution in [0.15, 0.2) is 24.3 Å². The minimum atomic E-state index is -0.935. The van der Waals surface area contributed by atoms with Crippen molar-refractivity contribution in [2.24, 2.45) is 5.73 Å². The fraction of sp³-hybridized carbons (Fsp3) is 0.500. The Labute approximate surface area is 129 Å². The van der Waals surface area contributed by atoms with Gasteiger partial charge in [-0.1, -0.05) is 12.1 Å². The molecule has 6 nitrogen and oxygen atoms in total. The Hall–Kier alpha value is -1.92. The van der Waals surface area contributed by atoms with Crippen LogP contribution in [0.2, 0.25) is 0 Å². The average Bonchev–Trinajstić information content (AvgIpc) is 2.81. The van der Waals surface area contributed by atoms with Crippen molar-refractivity contribution in [3.63, 3.8) is 0 Å². The summed E-state index contributed by atoms with van der Waals surface area (Å²) in [6.45, 7) is 1.98. The molecule has 1 atom stereocenters. The number of ether oxygens (including phenoxy) is 1. The molecule has 3 N–H and O–H groups in total. The molecule has 0 aromatic heterocycles. The molecule has 0 spiro atoms. The maximum Gasteiger partial charge on any atom is 0.335 e. The number of rotatable bonds is 7. The van der Waals surface area contributed by atoms with Crippen molar-refractivity contribution in [1.82, 2.24) is 4.90 Å². The van der Waals surface area contributed by atoms with Gasteiger partial charge in [0.2, 0.25) is 5.91 Å². The summed E-state index contributed by atoms with van der Waals surface area (Å²) in [5.74, 6) is -1.26. The highest BCUT2D eigenvalue weighted by atomic mass is 16.5. The highest BCUT2D eigenvalue weighted by Gasteiger charge is 2.42. The smallest absolute Gasteiger partial charge is 0.335 e. The van der Waals surface area contributed by atoms with Crippen LogP contribution in [0, 0.1) is 0 Å². The quantitative estimate of drug-likeness (QED) is 0.790. The number of hydrogen-bond donors (Lipinski definition) is 2. The van der Waals surface area contributed by atoms with Crippen LogP contribution in [0.3, 0.4) is 0 Å². The number of carbonyl (C=O) groups excluding carboxylic acids is 1. The third-order valence-corrected chi connectivity index (χ3v) is 4.23. The van der Waals surface area contributed by atoms with E-state index in [2.05, 4.69) is 4.90 Å². The number of carboxylic acid groups (broad SMARTS) is 1. The van der Waals surface area contributed by atoms with Crippen LogP contribution < -0.4 is 5.73 Å². The summed E-state index contributed by atoms with van der Waals surface area (Å²) in [4.78, 5) is 24.5. The van der Waals surface area contributed by atoms with E-state index in [9.17, 15) is 9.59 Å². The highest BCUT2D eigenvalue weighted by molar-refractivity contribution is 5.87. The number of amides is 1. The van der Waals surface area contributed by atoms with Crippen LogP contribution in [0.25, 0.3) is 0 Å². The average molecular weight is 306 g/mol. The van der Waals surface area contributed by atoms with E-state index < -0.39 is 5.97 Å². The fourth-order valence-corrected chi connectivity index (χ4v) is 3.22. The summed E-state index contributed by atoms with van der Waals surface area (Å²) in [5.41, 5.74) is 6.33. The number of primary amides is 1. The van der Waals surface area contributed by atoms with Crippen LogP contribution in [0.5, 0.6) is 0 Å². The highest BCUT2D eigenvalue weighted by Crippen LogP contribution is 2.34. The molecule has 1 unspecified atom stereocenters. The summed E-state index contributed by atoms with van der Waals surface area (Å²) in [6, 6.07) is 6.81. The van der Waals surface area contributed by atoms with Gasteiger partial charge < -0.3 is 15.6 Å². The first kappa shape index (κ1) is 16.5. The normalized spacial score (nSPS) is 21.9. The Kier molecular flexibility index (Phi) is 5.15. The molecule has 0 saturated carbocycles. The van der Waals surface area contributed by atoms with Crippen LogP contribution in [-0.2, 0) is 16.1 Å². The molecule has 22 heavy (non-hydrogen) atoms. The van der Waals surface area contributed by atoms with E-state index in [1.54, 1.807) is 19.2 Å². The molecular weight excluding hydrogens is 284 g/mol. The van der Waals surface area contributed by atoms with E-state index in [0.717, 1.165) is 24.9 Å². The van der Waals surface area contributed by atoms with Crippen LogP contribution in [0.1, 0.15) is 35.2 Å². The van der Waals surface area contributed by atoms with Gasteiger partial charge in [-0.15, -0.1) is 0 Å². The van der Waals surface area contributed by atoms with Gasteiger partial charge in [0.25, 0.3) is 0 Å². The molecule has 6 heteroatoms. The predicted molar refractivity (Wildman–Crippen MR) is 81.5 cm³/mol. The van der Waals surface area contributed by atoms with E-state index in [0.29, 0.717) is 13.2 Å². The zero-order valence-electron chi connectivity index (χ0n) is 12.7. The number of nitrogens with zero attached hydrogens (tertiary/aromatic N) is 1. The van der Waals surface area contributed by atoms with Gasteiger partial charge in [0, 0.05) is 20.1 Å². The molecular formula is C16H22N2O4. The van der Waals surface area contributed by atoms with Gasteiger partial charge in [-0.25, -0.2) is 4.79 Å². The summed E-state index contributed by atoms with van der Waals surface area (Å²) in [5, 5.41) is 8.93. The third-order valence-electron chi connectivity index (χ3n) is 4.23. The van der Waals surface area contributed by atoms with Gasteiger partial charge in [0.05, 0.1) is 17.7 Å². The second-order valence-electron chi connectivity index (χ2n) is 5.83. The summed E-state index contributed by atoms with van der Waals surface area (Å²) in [7, 11) is 1.63. The molecule has 1 heterocycles. The van der Waals surface area contributed by atoms with E-state index in [1.165, 1.54) is 0 Å². The Morgan fingerprint density at radius 1 is 1.36 bits per heavy atom. The Bertz CT molecular complexity index is 544. The molecule has 1 aromatic carbocycles. The van der Waals surface area contributed by atoms with E-state index in [-0.39, 0.29) is 23.4 Å². The number of hydrogen-bond acceptors (Lipinski definition) is 4. The molecule has 1 aliphatic rings. The summed E-state index contributed by atoms with van der Waals surface area (Å²) in [6.07, 6.45) is 2.13. The molecule has 1 aliphatic heterocycles. The van der Waals surface area contributed by atoms with Gasteiger partial charge in [-0.3, -0.25) is 9.69 Å². The first-order valence-corrected chi connectivity index (χ1v) is 7.31. The fourth-order valence-electron chi connectivity index (χ4n) is 3.22. The van der Waals surface area contributed by atoms with Gasteiger partial charge in [0.15, 0.2) is 0 Å². The molecule has 120 valence electrons. The lowest BCUT2D eigenvalue weighted by atomic mass is 9.92. The van der Waals surface area contributed by atoms with Crippen molar-refractivity contribution in [1.29, 1.82) is 0 Å². The number of methoxy groups -OCH3 is 1. The van der Waals surface area contributed by atoms with E-state index >= 15 is 0 Å². The van der Waals surface area contributed by atoms with Crippen LogP contribution in [-0.4, -0.2) is 47.7 Å². The maximum absolute atomic E-state index is 11.4. The molecule has 1 fully saturated rings. The molecule has 0 aliphatic carbocycles. The number of carboxylic acids is 1. The van der Waals surface area contributed by atoms with Crippen molar-refractivity contribution in [2.45, 2.75) is 31.3 Å². The van der Waals surface area contributed by atoms with Crippen molar-refractivity contribution in [2.75, 3.05) is 20.3 Å². The third kappa shape index (κ3) is 3.64. The minimum absolute atomic E-state index is 0.269. The Balaban J connectivity index is 2.15. The zero-order valence-corrected chi connectivity index (χ0v) is 12.7. The SMILES string of the molecule is COCC1(CC(N)=O)CCCN1Cc1ccc(C(=O)O)cc1. The molecule has 0 bridgehead atoms. The van der Waals surface area contributed by atoms with Crippen LogP contribution in [0.4, 0.5) is 0 Å². The monoisotopic (exact) mass is 306 g/mol. The first-order chi connectivity index (χ1) is 10.5. The first-order valence-electron chi connectivity index (χ1n) is 7.31. The summed E-state index contributed by atoms with van der Waals surface area (Å²) < 4.78 is 5.32. The van der Waals surface area contributed by atoms with E-state index in [1.807, 2.05) is 12.1 Å². The number of carbonyl (C=O) groups is 2. The van der Waals surface area contributed by atoms with Gasteiger partial charge in [-0.05, 0) is 37.1 Å². The maximum atomic E-state index is 11.4. The minimum Gasteiger partial charge on any atom is -0.478 e. The zero-order chi connectivity index (χ0) is 16.2. The standard InChI is InChI=1S/C16H22N2O4/c1-22-11-16(9-14(17)19)7-2-8-18(16)10-12-3-5-13(6-4-12)15(20)21/h3-6H,2,7-11H2,1H3,(H2,17,19)(H,20,21). The Morgan fingerprint density at radius 3 is 2.59 bits per heavy atom. The van der Waals surface area contributed by atoms with Gasteiger partial charge in [-0.2, -0.15) is 0 Å². The number of aromatic carboxylic acids is 1. The molecule has 2 rings (SSSR count). The predicted octanol–water partition coefficient (Wildman–Crippen LogP) is 1.24. The lowest BCUT2D eigenvalue weighted by molar-refractivity contribution is -0.121. The second-order valence-corrected chi connectivity index (χ2v) is 5.83.